The summed E-state index contributed by atoms with van der Waals surface area (Å²) < 4.78 is 19.2. The zero-order valence-electron chi connectivity index (χ0n) is 13.9. The highest BCUT2D eigenvalue weighted by Crippen LogP contribution is 2.21. The minimum absolute atomic E-state index is 0.0759. The van der Waals surface area contributed by atoms with Crippen molar-refractivity contribution in [2.75, 3.05) is 26.2 Å². The fourth-order valence-electron chi connectivity index (χ4n) is 2.95. The zero-order chi connectivity index (χ0) is 17.1. The number of hydrogen-bond acceptors (Lipinski definition) is 6. The molecule has 1 unspecified atom stereocenters. The molecule has 6 nitrogen and oxygen atoms in total. The lowest BCUT2D eigenvalue weighted by Crippen LogP contribution is -2.46. The first-order valence-corrected chi connectivity index (χ1v) is 8.02. The Labute approximate surface area is 140 Å². The van der Waals surface area contributed by atoms with Gasteiger partial charge in [0.2, 0.25) is 5.89 Å². The largest absolute Gasteiger partial charge is 0.338 e. The molecule has 1 aromatic heterocycles. The van der Waals surface area contributed by atoms with E-state index in [-0.39, 0.29) is 11.9 Å². The standard InChI is InChI=1S/C17H20FN5O/c1-12(17-20-13(2)21-24-17)23-7-5-22(6-8-23)11-15-9-14(10-19)3-4-16(15)18/h3-4,9,12H,5-8,11H2,1-2H3. The molecule has 0 amide bonds. The summed E-state index contributed by atoms with van der Waals surface area (Å²) in [7, 11) is 0. The molecule has 0 bridgehead atoms. The molecule has 126 valence electrons. The molecular formula is C17H20FN5O. The molecule has 2 aromatic rings. The van der Waals surface area contributed by atoms with Gasteiger partial charge in [0.15, 0.2) is 5.82 Å². The van der Waals surface area contributed by atoms with E-state index in [2.05, 4.69) is 32.9 Å². The molecule has 7 heteroatoms. The van der Waals surface area contributed by atoms with E-state index in [0.717, 1.165) is 26.2 Å². The highest BCUT2D eigenvalue weighted by atomic mass is 19.1. The second kappa shape index (κ2) is 7.07. The van der Waals surface area contributed by atoms with E-state index in [0.29, 0.717) is 29.4 Å². The number of benzene rings is 1. The van der Waals surface area contributed by atoms with Gasteiger partial charge < -0.3 is 4.52 Å². The Morgan fingerprint density at radius 1 is 1.33 bits per heavy atom. The molecule has 1 atom stereocenters. The summed E-state index contributed by atoms with van der Waals surface area (Å²) in [5, 5.41) is 12.8. The molecule has 3 rings (SSSR count). The number of halogens is 1. The van der Waals surface area contributed by atoms with E-state index < -0.39 is 0 Å². The topological polar surface area (TPSA) is 69.2 Å². The van der Waals surface area contributed by atoms with Crippen LogP contribution in [0.4, 0.5) is 4.39 Å². The van der Waals surface area contributed by atoms with E-state index in [4.69, 9.17) is 9.78 Å². The molecule has 1 fully saturated rings. The summed E-state index contributed by atoms with van der Waals surface area (Å²) >= 11 is 0. The number of hydrogen-bond donors (Lipinski definition) is 0. The Hall–Kier alpha value is -2.30. The average molecular weight is 329 g/mol. The Morgan fingerprint density at radius 3 is 2.71 bits per heavy atom. The summed E-state index contributed by atoms with van der Waals surface area (Å²) in [6, 6.07) is 6.63. The molecule has 0 spiro atoms. The molecule has 1 aliphatic heterocycles. The number of nitrogens with zero attached hydrogens (tertiary/aromatic N) is 5. The zero-order valence-corrected chi connectivity index (χ0v) is 13.9. The lowest BCUT2D eigenvalue weighted by Gasteiger charge is -2.36. The van der Waals surface area contributed by atoms with Gasteiger partial charge in [0.25, 0.3) is 0 Å². The predicted octanol–water partition coefficient (Wildman–Crippen LogP) is 2.27. The van der Waals surface area contributed by atoms with Crippen LogP contribution < -0.4 is 0 Å². The fraction of sp³-hybridized carbons (Fsp3) is 0.471. The van der Waals surface area contributed by atoms with E-state index >= 15 is 0 Å². The van der Waals surface area contributed by atoms with Crippen molar-refractivity contribution in [3.8, 4) is 6.07 Å². The van der Waals surface area contributed by atoms with E-state index in [1.807, 2.05) is 6.92 Å². The van der Waals surface area contributed by atoms with Gasteiger partial charge in [-0.2, -0.15) is 10.2 Å². The fourth-order valence-corrected chi connectivity index (χ4v) is 2.95. The van der Waals surface area contributed by atoms with Gasteiger partial charge in [-0.1, -0.05) is 5.16 Å². The van der Waals surface area contributed by atoms with Crippen LogP contribution in [0.3, 0.4) is 0 Å². The maximum atomic E-state index is 13.9. The second-order valence-corrected chi connectivity index (χ2v) is 6.09. The summed E-state index contributed by atoms with van der Waals surface area (Å²) in [6.45, 7) is 7.73. The Balaban J connectivity index is 1.58. The van der Waals surface area contributed by atoms with Crippen LogP contribution >= 0.6 is 0 Å². The summed E-state index contributed by atoms with van der Waals surface area (Å²) in [6.07, 6.45) is 0. The lowest BCUT2D eigenvalue weighted by molar-refractivity contribution is 0.0839. The minimum atomic E-state index is -0.258. The third-order valence-corrected chi connectivity index (χ3v) is 4.42. The van der Waals surface area contributed by atoms with Crippen molar-refractivity contribution in [2.45, 2.75) is 26.4 Å². The van der Waals surface area contributed by atoms with Crippen LogP contribution in [0, 0.1) is 24.1 Å². The Morgan fingerprint density at radius 2 is 2.08 bits per heavy atom. The van der Waals surface area contributed by atoms with Crippen LogP contribution in [-0.4, -0.2) is 46.1 Å². The van der Waals surface area contributed by atoms with Crippen LogP contribution in [0.1, 0.15) is 35.8 Å². The SMILES string of the molecule is Cc1noc(C(C)N2CCN(Cc3cc(C#N)ccc3F)CC2)n1. The molecule has 2 heterocycles. The molecule has 1 aromatic carbocycles. The van der Waals surface area contributed by atoms with Gasteiger partial charge in [-0.3, -0.25) is 9.80 Å². The van der Waals surface area contributed by atoms with Gasteiger partial charge in [-0.25, -0.2) is 4.39 Å². The molecule has 1 saturated heterocycles. The number of nitriles is 1. The third kappa shape index (κ3) is 3.61. The van der Waals surface area contributed by atoms with Crippen molar-refractivity contribution >= 4 is 0 Å². The van der Waals surface area contributed by atoms with Crippen molar-refractivity contribution in [2.24, 2.45) is 0 Å². The second-order valence-electron chi connectivity index (χ2n) is 6.09. The average Bonchev–Trinajstić information content (AvgIpc) is 3.03. The predicted molar refractivity (Wildman–Crippen MR) is 85.4 cm³/mol. The van der Waals surface area contributed by atoms with Crippen molar-refractivity contribution in [3.63, 3.8) is 0 Å². The first kappa shape index (κ1) is 16.6. The van der Waals surface area contributed by atoms with Crippen LogP contribution in [0.15, 0.2) is 22.7 Å². The van der Waals surface area contributed by atoms with Crippen molar-refractivity contribution in [1.29, 1.82) is 5.26 Å². The van der Waals surface area contributed by atoms with Crippen LogP contribution in [0.25, 0.3) is 0 Å². The number of aryl methyl sites for hydroxylation is 1. The van der Waals surface area contributed by atoms with Gasteiger partial charge in [0.1, 0.15) is 5.82 Å². The van der Waals surface area contributed by atoms with Crippen molar-refractivity contribution in [1.82, 2.24) is 19.9 Å². The highest BCUT2D eigenvalue weighted by molar-refractivity contribution is 5.33. The number of rotatable bonds is 4. The minimum Gasteiger partial charge on any atom is -0.338 e. The number of piperazine rings is 1. The van der Waals surface area contributed by atoms with E-state index in [1.54, 1.807) is 6.07 Å². The first-order chi connectivity index (χ1) is 11.6. The maximum absolute atomic E-state index is 13.9. The molecule has 24 heavy (non-hydrogen) atoms. The van der Waals surface area contributed by atoms with Gasteiger partial charge in [0.05, 0.1) is 17.7 Å². The van der Waals surface area contributed by atoms with Crippen molar-refractivity contribution in [3.05, 3.63) is 46.9 Å². The van der Waals surface area contributed by atoms with Gasteiger partial charge >= 0.3 is 0 Å². The summed E-state index contributed by atoms with van der Waals surface area (Å²) in [4.78, 5) is 8.77. The monoisotopic (exact) mass is 329 g/mol. The molecule has 0 aliphatic carbocycles. The Bertz CT molecular complexity index is 746. The van der Waals surface area contributed by atoms with Crippen LogP contribution in [0.2, 0.25) is 0 Å². The Kier molecular flexibility index (Phi) is 4.88. The lowest BCUT2D eigenvalue weighted by atomic mass is 10.1. The van der Waals surface area contributed by atoms with Crippen LogP contribution in [-0.2, 0) is 6.54 Å². The molecule has 0 saturated carbocycles. The molecule has 0 N–H and O–H groups in total. The quantitative estimate of drug-likeness (QED) is 0.857. The molecule has 1 aliphatic rings. The van der Waals surface area contributed by atoms with Crippen LogP contribution in [0.5, 0.6) is 0 Å². The summed E-state index contributed by atoms with van der Waals surface area (Å²) in [5.41, 5.74) is 1.06. The summed E-state index contributed by atoms with van der Waals surface area (Å²) in [5.74, 6) is 1.02. The maximum Gasteiger partial charge on any atom is 0.243 e. The highest BCUT2D eigenvalue weighted by Gasteiger charge is 2.25. The van der Waals surface area contributed by atoms with Gasteiger partial charge in [-0.15, -0.1) is 0 Å². The first-order valence-electron chi connectivity index (χ1n) is 8.02. The molecular weight excluding hydrogens is 309 g/mol. The normalized spacial score (nSPS) is 17.6. The molecule has 0 radical (unpaired) electrons. The van der Waals surface area contributed by atoms with Gasteiger partial charge in [-0.05, 0) is 32.0 Å². The van der Waals surface area contributed by atoms with E-state index in [9.17, 15) is 4.39 Å². The van der Waals surface area contributed by atoms with E-state index in [1.165, 1.54) is 12.1 Å². The third-order valence-electron chi connectivity index (χ3n) is 4.42. The number of aromatic nitrogens is 2. The van der Waals surface area contributed by atoms with Gasteiger partial charge in [0, 0.05) is 38.3 Å². The van der Waals surface area contributed by atoms with Crippen molar-refractivity contribution < 1.29 is 8.91 Å². The smallest absolute Gasteiger partial charge is 0.243 e.